The number of nitrogens with one attached hydrogen (secondary N) is 1. The lowest BCUT2D eigenvalue weighted by atomic mass is 9.88. The van der Waals surface area contributed by atoms with Crippen LogP contribution in [0.2, 0.25) is 0 Å². The number of ether oxygens (including phenoxy) is 3. The van der Waals surface area contributed by atoms with Crippen molar-refractivity contribution >= 4 is 5.91 Å². The first-order valence-corrected chi connectivity index (χ1v) is 12.6. The van der Waals surface area contributed by atoms with E-state index < -0.39 is 60.1 Å². The van der Waals surface area contributed by atoms with Crippen LogP contribution in [-0.2, 0) is 11.1 Å². The minimum absolute atomic E-state index is 0.0951. The van der Waals surface area contributed by atoms with Crippen molar-refractivity contribution < 1.29 is 46.8 Å². The van der Waals surface area contributed by atoms with Crippen molar-refractivity contribution in [3.63, 3.8) is 0 Å². The normalized spacial score (nSPS) is 19.6. The van der Waals surface area contributed by atoms with Gasteiger partial charge in [0.05, 0.1) is 32.1 Å². The number of amides is 1. The van der Waals surface area contributed by atoms with Crippen molar-refractivity contribution in [1.82, 2.24) is 10.3 Å². The summed E-state index contributed by atoms with van der Waals surface area (Å²) in [4.78, 5) is 17.2. The number of pyridine rings is 1. The molecular formula is C28H27F4N3O6. The molecule has 1 fully saturated rings. The maximum Gasteiger partial charge on any atom is 0.414 e. The maximum absolute atomic E-state index is 14.1. The lowest BCUT2D eigenvalue weighted by Gasteiger charge is -2.29. The molecule has 2 heterocycles. The largest absolute Gasteiger partial charge is 0.493 e. The standard InChI is InChI=1S/C28H27F4N3O6/c1-39-21-10-16(4-9-20(21)41-18-7-8-18)25(37)34-12-26(38,13-36)22-11-19-24(40-14-27(19,33)28(30,31)32)23(35-22)15-2-5-17(29)6-3-15/h2-6,9-11,18,36,38H,7-8,12-14,33H2,1H3,(H,34,37)/t26?,27-/m0/s1. The van der Waals surface area contributed by atoms with E-state index in [0.717, 1.165) is 31.0 Å². The third kappa shape index (κ3) is 5.39. The zero-order chi connectivity index (χ0) is 29.6. The van der Waals surface area contributed by atoms with Gasteiger partial charge in [0.1, 0.15) is 23.7 Å². The molecular weight excluding hydrogens is 550 g/mol. The van der Waals surface area contributed by atoms with E-state index in [1.807, 2.05) is 0 Å². The average molecular weight is 578 g/mol. The Hall–Kier alpha value is -3.94. The van der Waals surface area contributed by atoms with Crippen LogP contribution in [0.25, 0.3) is 11.3 Å². The molecule has 2 aromatic carbocycles. The van der Waals surface area contributed by atoms with Crippen LogP contribution < -0.4 is 25.3 Å². The van der Waals surface area contributed by atoms with Gasteiger partial charge in [-0.2, -0.15) is 13.2 Å². The van der Waals surface area contributed by atoms with Gasteiger partial charge >= 0.3 is 6.18 Å². The SMILES string of the molecule is COc1cc(C(=O)NCC(O)(CO)c2cc3c(c(-c4ccc(F)cc4)n2)OC[C@@]3(N)C(F)(F)F)ccc1OC1CC1. The van der Waals surface area contributed by atoms with Crippen LogP contribution >= 0.6 is 0 Å². The first kappa shape index (κ1) is 28.6. The molecule has 41 heavy (non-hydrogen) atoms. The molecule has 0 saturated heterocycles. The minimum atomic E-state index is -4.95. The second-order valence-electron chi connectivity index (χ2n) is 10.1. The van der Waals surface area contributed by atoms with Gasteiger partial charge in [0.2, 0.25) is 0 Å². The van der Waals surface area contributed by atoms with Gasteiger partial charge in [0.25, 0.3) is 5.91 Å². The summed E-state index contributed by atoms with van der Waals surface area (Å²) in [6.45, 7) is -2.62. The lowest BCUT2D eigenvalue weighted by molar-refractivity contribution is -0.191. The molecule has 3 aromatic rings. The summed E-state index contributed by atoms with van der Waals surface area (Å²) in [5, 5.41) is 24.0. The second-order valence-corrected chi connectivity index (χ2v) is 10.1. The number of halogens is 4. The molecule has 1 unspecified atom stereocenters. The summed E-state index contributed by atoms with van der Waals surface area (Å²) in [7, 11) is 1.42. The highest BCUT2D eigenvalue weighted by molar-refractivity contribution is 5.95. The molecule has 2 atom stereocenters. The van der Waals surface area contributed by atoms with Gasteiger partial charge in [-0.1, -0.05) is 0 Å². The number of methoxy groups -OCH3 is 1. The first-order valence-electron chi connectivity index (χ1n) is 12.6. The maximum atomic E-state index is 14.1. The molecule has 1 aliphatic heterocycles. The number of hydrogen-bond donors (Lipinski definition) is 4. The lowest BCUT2D eigenvalue weighted by Crippen LogP contribution is -2.52. The van der Waals surface area contributed by atoms with Crippen LogP contribution in [0.15, 0.2) is 48.5 Å². The van der Waals surface area contributed by atoms with Crippen molar-refractivity contribution in [3.8, 4) is 28.5 Å². The number of aliphatic hydroxyl groups excluding tert-OH is 1. The molecule has 9 nitrogen and oxygen atoms in total. The third-order valence-electron chi connectivity index (χ3n) is 7.04. The Morgan fingerprint density at radius 3 is 2.49 bits per heavy atom. The van der Waals surface area contributed by atoms with Crippen LogP contribution in [0.5, 0.6) is 17.2 Å². The Morgan fingerprint density at radius 1 is 1.17 bits per heavy atom. The van der Waals surface area contributed by atoms with Gasteiger partial charge in [-0.25, -0.2) is 9.37 Å². The van der Waals surface area contributed by atoms with Gasteiger partial charge in [-0.15, -0.1) is 0 Å². The summed E-state index contributed by atoms with van der Waals surface area (Å²) in [6, 6.07) is 10.1. The van der Waals surface area contributed by atoms with Crippen LogP contribution in [-0.4, -0.2) is 60.3 Å². The zero-order valence-corrected chi connectivity index (χ0v) is 21.8. The molecule has 1 aliphatic carbocycles. The molecule has 13 heteroatoms. The number of nitrogens with two attached hydrogens (primary N) is 1. The van der Waals surface area contributed by atoms with Crippen LogP contribution in [0.3, 0.4) is 0 Å². The van der Waals surface area contributed by atoms with Crippen molar-refractivity contribution in [1.29, 1.82) is 0 Å². The molecule has 5 N–H and O–H groups in total. The van der Waals surface area contributed by atoms with Gasteiger partial charge in [0.15, 0.2) is 22.8 Å². The molecule has 218 valence electrons. The fourth-order valence-electron chi connectivity index (χ4n) is 4.38. The molecule has 1 amide bonds. The fourth-order valence-corrected chi connectivity index (χ4v) is 4.38. The highest BCUT2D eigenvalue weighted by Gasteiger charge is 2.59. The summed E-state index contributed by atoms with van der Waals surface area (Å²) in [6.07, 6.45) is -3.01. The molecule has 0 bridgehead atoms. The quantitative estimate of drug-likeness (QED) is 0.285. The monoisotopic (exact) mass is 577 g/mol. The number of hydrogen-bond acceptors (Lipinski definition) is 8. The van der Waals surface area contributed by atoms with Crippen molar-refractivity contribution in [2.24, 2.45) is 5.73 Å². The van der Waals surface area contributed by atoms with E-state index in [1.165, 1.54) is 31.4 Å². The average Bonchev–Trinajstić information content (AvgIpc) is 3.71. The number of carbonyl (C=O) groups is 1. The summed E-state index contributed by atoms with van der Waals surface area (Å²) in [5.41, 5.74) is -0.276. The van der Waals surface area contributed by atoms with Gasteiger partial charge < -0.3 is 35.5 Å². The summed E-state index contributed by atoms with van der Waals surface area (Å²) < 4.78 is 72.2. The van der Waals surface area contributed by atoms with Crippen molar-refractivity contribution in [2.75, 3.05) is 26.9 Å². The predicted octanol–water partition coefficient (Wildman–Crippen LogP) is 3.16. The van der Waals surface area contributed by atoms with E-state index >= 15 is 0 Å². The number of aromatic nitrogens is 1. The van der Waals surface area contributed by atoms with Crippen LogP contribution in [0, 0.1) is 5.82 Å². The minimum Gasteiger partial charge on any atom is -0.493 e. The number of alkyl halides is 3. The van der Waals surface area contributed by atoms with Crippen molar-refractivity contribution in [2.45, 2.75) is 36.3 Å². The Kier molecular flexibility index (Phi) is 7.30. The Labute approximate surface area is 231 Å². The summed E-state index contributed by atoms with van der Waals surface area (Å²) >= 11 is 0. The van der Waals surface area contributed by atoms with E-state index in [1.54, 1.807) is 6.07 Å². The van der Waals surface area contributed by atoms with E-state index in [0.29, 0.717) is 11.5 Å². The van der Waals surface area contributed by atoms with E-state index in [2.05, 4.69) is 10.3 Å². The highest BCUT2D eigenvalue weighted by Crippen LogP contribution is 2.49. The van der Waals surface area contributed by atoms with E-state index in [4.69, 9.17) is 19.9 Å². The summed E-state index contributed by atoms with van der Waals surface area (Å²) in [5.74, 6) is -0.766. The number of rotatable bonds is 9. The first-order chi connectivity index (χ1) is 19.4. The smallest absolute Gasteiger partial charge is 0.414 e. The molecule has 0 radical (unpaired) electrons. The second kappa shape index (κ2) is 10.5. The predicted molar refractivity (Wildman–Crippen MR) is 137 cm³/mol. The number of aliphatic hydroxyl groups is 2. The fraction of sp³-hybridized carbons (Fsp3) is 0.357. The third-order valence-corrected chi connectivity index (χ3v) is 7.04. The Bertz CT molecular complexity index is 1460. The molecule has 2 aliphatic rings. The van der Waals surface area contributed by atoms with E-state index in [9.17, 15) is 32.6 Å². The number of benzene rings is 2. The molecule has 0 spiro atoms. The molecule has 5 rings (SSSR count). The zero-order valence-electron chi connectivity index (χ0n) is 21.8. The van der Waals surface area contributed by atoms with Gasteiger partial charge in [-0.05, 0) is 61.4 Å². The number of nitrogens with zero attached hydrogens (tertiary/aromatic N) is 1. The van der Waals surface area contributed by atoms with Gasteiger partial charge in [0, 0.05) is 16.7 Å². The van der Waals surface area contributed by atoms with Crippen LogP contribution in [0.4, 0.5) is 17.6 Å². The Morgan fingerprint density at radius 2 is 1.88 bits per heavy atom. The molecule has 1 saturated carbocycles. The topological polar surface area (TPSA) is 136 Å². The van der Waals surface area contributed by atoms with Gasteiger partial charge in [-0.3, -0.25) is 4.79 Å². The number of carbonyl (C=O) groups excluding carboxylic acids is 1. The van der Waals surface area contributed by atoms with Crippen molar-refractivity contribution in [3.05, 3.63) is 71.2 Å². The molecule has 1 aromatic heterocycles. The Balaban J connectivity index is 1.48. The van der Waals surface area contributed by atoms with Crippen LogP contribution in [0.1, 0.15) is 34.5 Å². The van der Waals surface area contributed by atoms with E-state index in [-0.39, 0.29) is 28.7 Å². The highest BCUT2D eigenvalue weighted by atomic mass is 19.4. The number of fused-ring (bicyclic) bond motifs is 1.